The summed E-state index contributed by atoms with van der Waals surface area (Å²) in [7, 11) is 0. The molecule has 9 nitrogen and oxygen atoms in total. The minimum Gasteiger partial charge on any atom is -0.490 e. The van der Waals surface area contributed by atoms with Crippen molar-refractivity contribution in [2.45, 2.75) is 316 Å². The molecule has 92 heavy (non-hydrogen) atoms. The van der Waals surface area contributed by atoms with Crippen molar-refractivity contribution in [3.63, 3.8) is 0 Å². The Morgan fingerprint density at radius 3 is 0.935 bits per heavy atom. The summed E-state index contributed by atoms with van der Waals surface area (Å²) in [5.74, 6) is 2.13. The number of ether oxygens (including phenoxy) is 9. The van der Waals surface area contributed by atoms with Gasteiger partial charge in [-0.05, 0) is 59.2 Å². The summed E-state index contributed by atoms with van der Waals surface area (Å²) in [4.78, 5) is 0. The standard InChI is InChI=1S/C83H126O9/c1-4-7-10-13-16-19-22-25-28-31-34-49-60-85-76-63-75(64-77(86-61-50-35-32-29-26-23-20-17-14-11-8-5-2)79(76)87-62-51-36-33-30-27-24-21-18-15-12-9-6-3)69-91-83-82(90-68-74-58-47-40-48-59-74)81(89-67-73-56-45-39-46-57-73)80(88-66-72-54-43-38-44-55-72)78(92-83)70-84-65-71-52-41-37-42-53-71/h37-48,52-59,63-64,78,80-83H,4-36,49-51,60-62,65-70H2,1-3H3/t78-,80-,81+,82-,83-/m1/s1. The monoisotopic (exact) mass is 1270 g/mol. The van der Waals surface area contributed by atoms with Gasteiger partial charge < -0.3 is 42.6 Å². The molecule has 6 rings (SSSR count). The van der Waals surface area contributed by atoms with E-state index in [0.717, 1.165) is 66.3 Å². The zero-order valence-corrected chi connectivity index (χ0v) is 58.1. The van der Waals surface area contributed by atoms with Crippen LogP contribution in [0.5, 0.6) is 17.2 Å². The van der Waals surface area contributed by atoms with Gasteiger partial charge in [-0.3, -0.25) is 0 Å². The molecule has 0 aromatic heterocycles. The molecule has 0 aliphatic carbocycles. The minimum atomic E-state index is -0.876. The van der Waals surface area contributed by atoms with Crippen molar-refractivity contribution >= 4 is 0 Å². The van der Waals surface area contributed by atoms with E-state index in [2.05, 4.69) is 81.4 Å². The van der Waals surface area contributed by atoms with Gasteiger partial charge in [0.15, 0.2) is 17.8 Å². The number of rotatable bonds is 58. The second-order valence-electron chi connectivity index (χ2n) is 26.3. The lowest BCUT2D eigenvalue weighted by molar-refractivity contribution is -0.330. The molecule has 0 radical (unpaired) electrons. The summed E-state index contributed by atoms with van der Waals surface area (Å²) >= 11 is 0. The van der Waals surface area contributed by atoms with E-state index in [-0.39, 0.29) is 13.2 Å². The van der Waals surface area contributed by atoms with Gasteiger partial charge in [0.05, 0.1) is 59.5 Å². The van der Waals surface area contributed by atoms with Crippen LogP contribution in [0.4, 0.5) is 0 Å². The SMILES string of the molecule is CCCCCCCCCCCCCCOc1cc(CO[C@@H]2O[C@H](COCc3ccccc3)[C@@H](OCc3ccccc3)[C@H](OCc3ccccc3)[C@H]2OCc2ccccc2)cc(OCCCCCCCCCCCCCC)c1OCCCCCCCCCCCCCC. The third-order valence-corrected chi connectivity index (χ3v) is 18.1. The van der Waals surface area contributed by atoms with Crippen LogP contribution in [-0.4, -0.2) is 57.1 Å². The highest BCUT2D eigenvalue weighted by molar-refractivity contribution is 5.54. The van der Waals surface area contributed by atoms with Crippen LogP contribution in [0.15, 0.2) is 133 Å². The quantitative estimate of drug-likeness (QED) is 0.0354. The van der Waals surface area contributed by atoms with Crippen molar-refractivity contribution < 1.29 is 42.6 Å². The third-order valence-electron chi connectivity index (χ3n) is 18.1. The first-order valence-corrected chi connectivity index (χ1v) is 37.6. The average molecular weight is 1270 g/mol. The lowest BCUT2D eigenvalue weighted by Gasteiger charge is -2.46. The highest BCUT2D eigenvalue weighted by Gasteiger charge is 2.49. The molecule has 1 heterocycles. The lowest BCUT2D eigenvalue weighted by atomic mass is 9.97. The van der Waals surface area contributed by atoms with Gasteiger partial charge in [0.25, 0.3) is 0 Å². The molecule has 512 valence electrons. The molecule has 0 N–H and O–H groups in total. The molecule has 0 unspecified atom stereocenters. The highest BCUT2D eigenvalue weighted by Crippen LogP contribution is 2.41. The van der Waals surface area contributed by atoms with Crippen molar-refractivity contribution in [2.24, 2.45) is 0 Å². The summed E-state index contributed by atoms with van der Waals surface area (Å²) in [6, 6.07) is 45.4. The van der Waals surface area contributed by atoms with Crippen molar-refractivity contribution in [1.82, 2.24) is 0 Å². The highest BCUT2D eigenvalue weighted by atomic mass is 16.7. The molecule has 5 aromatic carbocycles. The summed E-state index contributed by atoms with van der Waals surface area (Å²) in [6.07, 6.45) is 43.1. The van der Waals surface area contributed by atoms with E-state index in [1.807, 2.05) is 72.8 Å². The molecule has 0 spiro atoms. The van der Waals surface area contributed by atoms with E-state index >= 15 is 0 Å². The molecular formula is C83H126O9. The summed E-state index contributed by atoms with van der Waals surface area (Å²) in [5, 5.41) is 0. The Kier molecular flexibility index (Phi) is 42.8. The predicted molar refractivity (Wildman–Crippen MR) is 381 cm³/mol. The van der Waals surface area contributed by atoms with Crippen molar-refractivity contribution in [2.75, 3.05) is 26.4 Å². The Hall–Kier alpha value is -4.74. The first-order chi connectivity index (χ1) is 45.6. The molecule has 0 saturated carbocycles. The van der Waals surface area contributed by atoms with Crippen LogP contribution in [0.2, 0.25) is 0 Å². The maximum Gasteiger partial charge on any atom is 0.203 e. The first-order valence-electron chi connectivity index (χ1n) is 37.6. The fraction of sp³-hybridized carbons (Fsp3) is 0.639. The van der Waals surface area contributed by atoms with Crippen LogP contribution in [0, 0.1) is 0 Å². The second kappa shape index (κ2) is 51.6. The Labute approximate surface area is 560 Å². The molecule has 1 aliphatic rings. The van der Waals surface area contributed by atoms with E-state index in [1.165, 1.54) is 193 Å². The minimum absolute atomic E-state index is 0.192. The Morgan fingerprint density at radius 2 is 0.576 bits per heavy atom. The molecule has 0 amide bonds. The van der Waals surface area contributed by atoms with Crippen LogP contribution in [-0.2, 0) is 61.5 Å². The van der Waals surface area contributed by atoms with E-state index < -0.39 is 30.7 Å². The van der Waals surface area contributed by atoms with E-state index in [4.69, 9.17) is 42.6 Å². The van der Waals surface area contributed by atoms with Crippen molar-refractivity contribution in [3.05, 3.63) is 161 Å². The molecule has 5 aromatic rings. The molecular weight excluding hydrogens is 1140 g/mol. The van der Waals surface area contributed by atoms with Gasteiger partial charge >= 0.3 is 0 Å². The largest absolute Gasteiger partial charge is 0.490 e. The normalized spacial score (nSPS) is 16.5. The van der Waals surface area contributed by atoms with Crippen LogP contribution >= 0.6 is 0 Å². The van der Waals surface area contributed by atoms with Gasteiger partial charge in [-0.1, -0.05) is 354 Å². The van der Waals surface area contributed by atoms with Crippen LogP contribution in [0.25, 0.3) is 0 Å². The van der Waals surface area contributed by atoms with Gasteiger partial charge in [-0.2, -0.15) is 0 Å². The van der Waals surface area contributed by atoms with E-state index in [9.17, 15) is 0 Å². The zero-order valence-electron chi connectivity index (χ0n) is 58.1. The summed E-state index contributed by atoms with van der Waals surface area (Å²) < 4.78 is 62.7. The van der Waals surface area contributed by atoms with E-state index in [0.29, 0.717) is 63.5 Å². The fourth-order valence-corrected chi connectivity index (χ4v) is 12.5. The molecule has 5 atom stereocenters. The fourth-order valence-electron chi connectivity index (χ4n) is 12.5. The van der Waals surface area contributed by atoms with Gasteiger partial charge in [0.2, 0.25) is 5.75 Å². The van der Waals surface area contributed by atoms with Gasteiger partial charge in [-0.15, -0.1) is 0 Å². The Bertz CT molecular complexity index is 2410. The van der Waals surface area contributed by atoms with Crippen molar-refractivity contribution in [3.8, 4) is 17.2 Å². The maximum absolute atomic E-state index is 7.19. The third kappa shape index (κ3) is 33.6. The van der Waals surface area contributed by atoms with Crippen LogP contribution in [0.3, 0.4) is 0 Å². The Balaban J connectivity index is 1.23. The summed E-state index contributed by atoms with van der Waals surface area (Å²) in [6.45, 7) is 10.6. The maximum atomic E-state index is 7.19. The molecule has 1 saturated heterocycles. The number of hydrogen-bond acceptors (Lipinski definition) is 9. The predicted octanol–water partition coefficient (Wildman–Crippen LogP) is 23.1. The van der Waals surface area contributed by atoms with Crippen LogP contribution in [0.1, 0.15) is 280 Å². The Morgan fingerprint density at radius 1 is 0.283 bits per heavy atom. The van der Waals surface area contributed by atoms with Gasteiger partial charge in [0.1, 0.15) is 24.4 Å². The van der Waals surface area contributed by atoms with Crippen LogP contribution < -0.4 is 14.2 Å². The summed E-state index contributed by atoms with van der Waals surface area (Å²) in [5.41, 5.74) is 5.11. The second-order valence-corrected chi connectivity index (χ2v) is 26.3. The molecule has 1 fully saturated rings. The van der Waals surface area contributed by atoms with Gasteiger partial charge in [-0.25, -0.2) is 0 Å². The average Bonchev–Trinajstić information content (AvgIpc) is 1.01. The number of benzene rings is 5. The molecule has 0 bridgehead atoms. The first kappa shape index (κ1) is 76.3. The lowest BCUT2D eigenvalue weighted by Crippen LogP contribution is -2.61. The smallest absolute Gasteiger partial charge is 0.203 e. The van der Waals surface area contributed by atoms with Crippen molar-refractivity contribution in [1.29, 1.82) is 0 Å². The zero-order chi connectivity index (χ0) is 64.2. The number of hydrogen-bond donors (Lipinski definition) is 0. The van der Waals surface area contributed by atoms with Gasteiger partial charge in [0, 0.05) is 0 Å². The topological polar surface area (TPSA) is 83.1 Å². The number of unbranched alkanes of at least 4 members (excludes halogenated alkanes) is 33. The molecule has 1 aliphatic heterocycles. The van der Waals surface area contributed by atoms with E-state index in [1.54, 1.807) is 0 Å². The molecule has 9 heteroatoms.